The van der Waals surface area contributed by atoms with Crippen molar-refractivity contribution in [3.63, 3.8) is 0 Å². The first kappa shape index (κ1) is 24.3. The van der Waals surface area contributed by atoms with Gasteiger partial charge in [-0.25, -0.2) is 5.01 Å². The van der Waals surface area contributed by atoms with E-state index in [2.05, 4.69) is 25.9 Å². The van der Waals surface area contributed by atoms with Gasteiger partial charge < -0.3 is 4.84 Å². The second-order valence-corrected chi connectivity index (χ2v) is 10.4. The van der Waals surface area contributed by atoms with Crippen LogP contribution < -0.4 is 0 Å². The van der Waals surface area contributed by atoms with Crippen LogP contribution in [0.5, 0.6) is 0 Å². The first-order valence-electron chi connectivity index (χ1n) is 11.4. The zero-order valence-corrected chi connectivity index (χ0v) is 20.1. The monoisotopic (exact) mass is 473 g/mol. The van der Waals surface area contributed by atoms with Crippen LogP contribution >= 0.6 is 0 Å². The average molecular weight is 474 g/mol. The Labute approximate surface area is 198 Å². The molecule has 0 bridgehead atoms. The number of alkyl halides is 3. The van der Waals surface area contributed by atoms with Gasteiger partial charge in [-0.2, -0.15) is 13.2 Å². The Hall–Kier alpha value is -2.87. The molecule has 1 fully saturated rings. The third kappa shape index (κ3) is 4.56. The van der Waals surface area contributed by atoms with Crippen LogP contribution in [-0.2, 0) is 16.4 Å². The summed E-state index contributed by atoms with van der Waals surface area (Å²) in [7, 11) is 0. The number of rotatable bonds is 3. The van der Waals surface area contributed by atoms with E-state index in [0.29, 0.717) is 12.1 Å². The average Bonchev–Trinajstić information content (AvgIpc) is 3.36. The van der Waals surface area contributed by atoms with Gasteiger partial charge in [0.05, 0.1) is 24.4 Å². The minimum Gasteiger partial charge on any atom is -0.385 e. The molecule has 2 aliphatic rings. The van der Waals surface area contributed by atoms with Crippen LogP contribution in [0.3, 0.4) is 0 Å². The summed E-state index contributed by atoms with van der Waals surface area (Å²) < 4.78 is 40.6. The third-order valence-electron chi connectivity index (χ3n) is 6.41. The summed E-state index contributed by atoms with van der Waals surface area (Å²) in [5.74, 6) is -0.168. The van der Waals surface area contributed by atoms with E-state index >= 15 is 0 Å². The molecule has 182 valence electrons. The molecular formula is C26H30F3N3O2. The predicted octanol–water partition coefficient (Wildman–Crippen LogP) is 5.65. The molecule has 34 heavy (non-hydrogen) atoms. The summed E-state index contributed by atoms with van der Waals surface area (Å²) in [5, 5.41) is 7.62. The van der Waals surface area contributed by atoms with Gasteiger partial charge in [0.25, 0.3) is 5.91 Å². The highest BCUT2D eigenvalue weighted by molar-refractivity contribution is 6.03. The second kappa shape index (κ2) is 8.41. The fourth-order valence-electron chi connectivity index (χ4n) is 4.52. The predicted molar refractivity (Wildman–Crippen MR) is 124 cm³/mol. The molecule has 0 saturated carbocycles. The quantitative estimate of drug-likeness (QED) is 0.579. The molecule has 1 spiro atoms. The van der Waals surface area contributed by atoms with Crippen LogP contribution in [0.25, 0.3) is 0 Å². The third-order valence-corrected chi connectivity index (χ3v) is 6.41. The zero-order chi connectivity index (χ0) is 24.9. The van der Waals surface area contributed by atoms with Crippen molar-refractivity contribution in [3.05, 3.63) is 70.8 Å². The summed E-state index contributed by atoms with van der Waals surface area (Å²) in [4.78, 5) is 19.2. The molecule has 1 saturated heterocycles. The van der Waals surface area contributed by atoms with Crippen LogP contribution in [0.4, 0.5) is 13.2 Å². The molecule has 0 radical (unpaired) electrons. The normalized spacial score (nSPS) is 21.3. The van der Waals surface area contributed by atoms with Gasteiger partial charge in [-0.15, -0.1) is 0 Å². The number of nitrogens with zero attached hydrogens (tertiary/aromatic N) is 3. The number of carbonyl (C=O) groups is 1. The fourth-order valence-corrected chi connectivity index (χ4v) is 4.52. The van der Waals surface area contributed by atoms with Crippen LogP contribution in [-0.4, -0.2) is 46.4 Å². The molecular weight excluding hydrogens is 443 g/mol. The molecule has 0 aliphatic carbocycles. The Balaban J connectivity index is 1.57. The Bertz CT molecular complexity index is 1100. The lowest BCUT2D eigenvalue weighted by Crippen LogP contribution is -2.44. The molecule has 2 heterocycles. The number of carbonyl (C=O) groups excluding carboxylic acids is 1. The highest BCUT2D eigenvalue weighted by Gasteiger charge is 2.52. The van der Waals surface area contributed by atoms with Crippen molar-refractivity contribution in [2.24, 2.45) is 5.16 Å². The van der Waals surface area contributed by atoms with Gasteiger partial charge >= 0.3 is 6.18 Å². The lowest BCUT2D eigenvalue weighted by Gasteiger charge is -2.30. The Kier molecular flexibility index (Phi) is 6.00. The summed E-state index contributed by atoms with van der Waals surface area (Å²) in [6.45, 7) is 10.8. The van der Waals surface area contributed by atoms with Crippen molar-refractivity contribution in [2.75, 3.05) is 13.1 Å². The smallest absolute Gasteiger partial charge is 0.385 e. The number of halogens is 3. The summed E-state index contributed by atoms with van der Waals surface area (Å²) in [6.07, 6.45) is -4.30. The van der Waals surface area contributed by atoms with E-state index in [0.717, 1.165) is 11.6 Å². The van der Waals surface area contributed by atoms with Gasteiger partial charge in [-0.3, -0.25) is 9.80 Å². The first-order valence-corrected chi connectivity index (χ1v) is 11.4. The fraction of sp³-hybridized carbons (Fsp3) is 0.462. The molecule has 0 N–H and O–H groups in total. The second-order valence-electron chi connectivity index (χ2n) is 10.4. The molecule has 2 aliphatic heterocycles. The van der Waals surface area contributed by atoms with Gasteiger partial charge in [-0.1, -0.05) is 56.3 Å². The van der Waals surface area contributed by atoms with E-state index in [4.69, 9.17) is 4.84 Å². The summed E-state index contributed by atoms with van der Waals surface area (Å²) in [5.41, 5.74) is 0.298. The highest BCUT2D eigenvalue weighted by Crippen LogP contribution is 2.39. The van der Waals surface area contributed by atoms with E-state index in [9.17, 15) is 18.0 Å². The summed E-state index contributed by atoms with van der Waals surface area (Å²) >= 11 is 0. The van der Waals surface area contributed by atoms with Gasteiger partial charge in [-0.05, 0) is 43.0 Å². The standard InChI is InChI=1S/C26H30F3N3O2/c1-17(2)31-15-25(14-22(30-34-25)20-8-6-7-9-21(20)26(27,28)29)16-32(31)23(33)18-10-12-19(13-11-18)24(3,4)5/h6-13,17H,14-16H2,1-5H3. The van der Waals surface area contributed by atoms with E-state index in [1.54, 1.807) is 11.1 Å². The van der Waals surface area contributed by atoms with Crippen molar-refractivity contribution in [1.82, 2.24) is 10.0 Å². The van der Waals surface area contributed by atoms with E-state index in [1.165, 1.54) is 12.1 Å². The molecule has 0 aromatic heterocycles. The molecule has 2 aromatic rings. The topological polar surface area (TPSA) is 45.1 Å². The lowest BCUT2D eigenvalue weighted by molar-refractivity contribution is -0.137. The number of hydrogen-bond donors (Lipinski definition) is 0. The molecule has 2 aromatic carbocycles. The number of hydrogen-bond acceptors (Lipinski definition) is 4. The maximum atomic E-state index is 13.5. The van der Waals surface area contributed by atoms with Gasteiger partial charge in [0.2, 0.25) is 0 Å². The van der Waals surface area contributed by atoms with Gasteiger partial charge in [0.15, 0.2) is 5.60 Å². The van der Waals surface area contributed by atoms with Crippen molar-refractivity contribution in [3.8, 4) is 0 Å². The molecule has 1 atom stereocenters. The van der Waals surface area contributed by atoms with E-state index < -0.39 is 17.3 Å². The maximum absolute atomic E-state index is 13.5. The van der Waals surface area contributed by atoms with Crippen LogP contribution in [0, 0.1) is 0 Å². The molecule has 1 amide bonds. The summed E-state index contributed by atoms with van der Waals surface area (Å²) in [6, 6.07) is 12.9. The minimum atomic E-state index is -4.49. The van der Waals surface area contributed by atoms with Crippen molar-refractivity contribution < 1.29 is 22.8 Å². The highest BCUT2D eigenvalue weighted by atomic mass is 19.4. The number of amides is 1. The van der Waals surface area contributed by atoms with Crippen LogP contribution in [0.2, 0.25) is 0 Å². The van der Waals surface area contributed by atoms with E-state index in [-0.39, 0.29) is 41.6 Å². The number of benzene rings is 2. The molecule has 8 heteroatoms. The van der Waals surface area contributed by atoms with Crippen LogP contribution in [0.1, 0.15) is 68.1 Å². The molecule has 4 rings (SSSR count). The molecule has 5 nitrogen and oxygen atoms in total. The van der Waals surface area contributed by atoms with Gasteiger partial charge in [0, 0.05) is 23.6 Å². The Morgan fingerprint density at radius 2 is 1.68 bits per heavy atom. The molecule has 1 unspecified atom stereocenters. The van der Waals surface area contributed by atoms with Gasteiger partial charge in [0.1, 0.15) is 0 Å². The van der Waals surface area contributed by atoms with Crippen molar-refractivity contribution in [2.45, 2.75) is 64.3 Å². The van der Waals surface area contributed by atoms with Crippen molar-refractivity contribution >= 4 is 11.6 Å². The lowest BCUT2D eigenvalue weighted by atomic mass is 9.86. The first-order chi connectivity index (χ1) is 15.8. The SMILES string of the molecule is CC(C)N1CC2(CC(c3ccccc3C(F)(F)F)=NO2)CN1C(=O)c1ccc(C(C)(C)C)cc1. The van der Waals surface area contributed by atoms with E-state index in [1.807, 2.05) is 43.1 Å². The largest absolute Gasteiger partial charge is 0.417 e. The Morgan fingerprint density at radius 1 is 1.03 bits per heavy atom. The minimum absolute atomic E-state index is 0.00714. The number of hydrazine groups is 1. The Morgan fingerprint density at radius 3 is 2.26 bits per heavy atom. The maximum Gasteiger partial charge on any atom is 0.417 e. The van der Waals surface area contributed by atoms with Crippen molar-refractivity contribution in [1.29, 1.82) is 0 Å². The zero-order valence-electron chi connectivity index (χ0n) is 20.1. The number of oxime groups is 1. The van der Waals surface area contributed by atoms with Crippen LogP contribution in [0.15, 0.2) is 53.7 Å².